The van der Waals surface area contributed by atoms with Gasteiger partial charge in [0.15, 0.2) is 0 Å². The molecule has 7 heteroatoms. The molecule has 0 aromatic heterocycles. The largest absolute Gasteiger partial charge is 0.497 e. The summed E-state index contributed by atoms with van der Waals surface area (Å²) in [5.74, 6) is 0.900. The van der Waals surface area contributed by atoms with Crippen molar-refractivity contribution in [3.05, 3.63) is 54.1 Å². The van der Waals surface area contributed by atoms with Crippen molar-refractivity contribution < 1.29 is 23.8 Å². The van der Waals surface area contributed by atoms with Crippen LogP contribution >= 0.6 is 0 Å². The molecule has 0 spiro atoms. The normalized spacial score (nSPS) is 9.84. The van der Waals surface area contributed by atoms with Gasteiger partial charge in [0, 0.05) is 11.8 Å². The average Bonchev–Trinajstić information content (AvgIpc) is 2.65. The first-order valence-corrected chi connectivity index (χ1v) is 7.62. The fourth-order valence-electron chi connectivity index (χ4n) is 2.04. The molecule has 0 fully saturated rings. The Morgan fingerprint density at radius 3 is 2.52 bits per heavy atom. The van der Waals surface area contributed by atoms with E-state index >= 15 is 0 Å². The number of ether oxygens (including phenoxy) is 3. The molecule has 0 saturated carbocycles. The summed E-state index contributed by atoms with van der Waals surface area (Å²) in [5, 5.41) is 5.32. The van der Waals surface area contributed by atoms with Crippen molar-refractivity contribution in [2.45, 2.75) is 0 Å². The predicted molar refractivity (Wildman–Crippen MR) is 93.3 cm³/mol. The van der Waals surface area contributed by atoms with Crippen molar-refractivity contribution in [1.29, 1.82) is 0 Å². The van der Waals surface area contributed by atoms with E-state index < -0.39 is 12.0 Å². The number of benzene rings is 2. The van der Waals surface area contributed by atoms with Crippen molar-refractivity contribution in [2.24, 2.45) is 0 Å². The molecule has 0 atom stereocenters. The summed E-state index contributed by atoms with van der Waals surface area (Å²) in [6.07, 6.45) is 0. The van der Waals surface area contributed by atoms with Gasteiger partial charge in [-0.15, -0.1) is 0 Å². The Morgan fingerprint density at radius 2 is 1.76 bits per heavy atom. The third-order valence-electron chi connectivity index (χ3n) is 3.24. The van der Waals surface area contributed by atoms with E-state index in [0.29, 0.717) is 35.9 Å². The van der Waals surface area contributed by atoms with Crippen molar-refractivity contribution in [1.82, 2.24) is 5.32 Å². The Kier molecular flexibility index (Phi) is 6.65. The smallest absolute Gasteiger partial charge is 0.337 e. The summed E-state index contributed by atoms with van der Waals surface area (Å²) in [6, 6.07) is 13.3. The first kappa shape index (κ1) is 18.1. The van der Waals surface area contributed by atoms with E-state index in [-0.39, 0.29) is 0 Å². The summed E-state index contributed by atoms with van der Waals surface area (Å²) in [4.78, 5) is 23.3. The maximum atomic E-state index is 11.9. The molecule has 0 aliphatic rings. The lowest BCUT2D eigenvalue weighted by Gasteiger charge is -2.10. The highest BCUT2D eigenvalue weighted by Gasteiger charge is 2.07. The van der Waals surface area contributed by atoms with Gasteiger partial charge in [-0.05, 0) is 30.3 Å². The van der Waals surface area contributed by atoms with Gasteiger partial charge in [0.05, 0.1) is 26.3 Å². The van der Waals surface area contributed by atoms with Crippen LogP contribution in [0.15, 0.2) is 48.5 Å². The second-order valence-electron chi connectivity index (χ2n) is 4.98. The van der Waals surface area contributed by atoms with E-state index in [4.69, 9.17) is 9.47 Å². The zero-order valence-electron chi connectivity index (χ0n) is 14.1. The Bertz CT molecular complexity index is 733. The molecule has 0 heterocycles. The number of urea groups is 1. The van der Waals surface area contributed by atoms with Gasteiger partial charge in [-0.25, -0.2) is 9.59 Å². The molecule has 0 saturated heterocycles. The number of methoxy groups -OCH3 is 2. The number of carbonyl (C=O) groups is 2. The molecule has 0 aliphatic carbocycles. The van der Waals surface area contributed by atoms with Crippen molar-refractivity contribution in [3.8, 4) is 11.5 Å². The lowest BCUT2D eigenvalue weighted by molar-refractivity contribution is 0.0600. The van der Waals surface area contributed by atoms with Crippen LogP contribution in [0.5, 0.6) is 11.5 Å². The number of carbonyl (C=O) groups excluding carboxylic acids is 2. The molecule has 7 nitrogen and oxygen atoms in total. The van der Waals surface area contributed by atoms with E-state index in [1.54, 1.807) is 37.4 Å². The van der Waals surface area contributed by atoms with Gasteiger partial charge in [-0.1, -0.05) is 12.1 Å². The number of hydrogen-bond acceptors (Lipinski definition) is 5. The quantitative estimate of drug-likeness (QED) is 0.596. The molecular weight excluding hydrogens is 324 g/mol. The van der Waals surface area contributed by atoms with Crippen molar-refractivity contribution in [3.63, 3.8) is 0 Å². The summed E-state index contributed by atoms with van der Waals surface area (Å²) >= 11 is 0. The minimum Gasteiger partial charge on any atom is -0.497 e. The molecule has 2 rings (SSSR count). The molecular formula is C18H20N2O5. The van der Waals surface area contributed by atoms with Crippen LogP contribution in [0, 0.1) is 0 Å². The highest BCUT2D eigenvalue weighted by Crippen LogP contribution is 2.18. The SMILES string of the molecule is COC(=O)c1cccc(NC(=O)NCCOc2cccc(OC)c2)c1. The first-order chi connectivity index (χ1) is 12.1. The number of nitrogens with one attached hydrogen (secondary N) is 2. The van der Waals surface area contributed by atoms with E-state index in [9.17, 15) is 9.59 Å². The van der Waals surface area contributed by atoms with Crippen LogP contribution in [-0.2, 0) is 4.74 Å². The van der Waals surface area contributed by atoms with Crippen LogP contribution in [0.25, 0.3) is 0 Å². The standard InChI is InChI=1S/C18H20N2O5/c1-23-15-7-4-8-16(12-15)25-10-9-19-18(22)20-14-6-3-5-13(11-14)17(21)24-2/h3-8,11-12H,9-10H2,1-2H3,(H2,19,20,22). The van der Waals surface area contributed by atoms with E-state index in [1.165, 1.54) is 13.2 Å². The van der Waals surface area contributed by atoms with Crippen LogP contribution in [0.4, 0.5) is 10.5 Å². The maximum Gasteiger partial charge on any atom is 0.337 e. The number of hydrogen-bond donors (Lipinski definition) is 2. The van der Waals surface area contributed by atoms with E-state index in [0.717, 1.165) is 0 Å². The van der Waals surface area contributed by atoms with E-state index in [2.05, 4.69) is 15.4 Å². The van der Waals surface area contributed by atoms with Crippen molar-refractivity contribution in [2.75, 3.05) is 32.7 Å². The lowest BCUT2D eigenvalue weighted by Crippen LogP contribution is -2.32. The maximum absolute atomic E-state index is 11.9. The van der Waals surface area contributed by atoms with Gasteiger partial charge in [-0.2, -0.15) is 0 Å². The van der Waals surface area contributed by atoms with Crippen LogP contribution in [0.1, 0.15) is 10.4 Å². The number of rotatable bonds is 7. The zero-order valence-corrected chi connectivity index (χ0v) is 14.1. The highest BCUT2D eigenvalue weighted by molar-refractivity contribution is 5.93. The monoisotopic (exact) mass is 344 g/mol. The summed E-state index contributed by atoms with van der Waals surface area (Å²) in [5.41, 5.74) is 0.857. The number of anilines is 1. The minimum absolute atomic E-state index is 0.308. The Morgan fingerprint density at radius 1 is 1.00 bits per heavy atom. The van der Waals surface area contributed by atoms with Gasteiger partial charge in [0.2, 0.25) is 0 Å². The van der Waals surface area contributed by atoms with Crippen LogP contribution in [-0.4, -0.2) is 39.4 Å². The average molecular weight is 344 g/mol. The second-order valence-corrected chi connectivity index (χ2v) is 4.98. The fraction of sp³-hybridized carbons (Fsp3) is 0.222. The number of amides is 2. The van der Waals surface area contributed by atoms with E-state index in [1.807, 2.05) is 12.1 Å². The molecule has 0 unspecified atom stereocenters. The molecule has 2 aromatic carbocycles. The zero-order chi connectivity index (χ0) is 18.1. The summed E-state index contributed by atoms with van der Waals surface area (Å²) < 4.78 is 15.3. The van der Waals surface area contributed by atoms with Crippen LogP contribution in [0.3, 0.4) is 0 Å². The first-order valence-electron chi connectivity index (χ1n) is 7.62. The topological polar surface area (TPSA) is 85.9 Å². The molecule has 25 heavy (non-hydrogen) atoms. The van der Waals surface area contributed by atoms with Gasteiger partial charge >= 0.3 is 12.0 Å². The summed E-state index contributed by atoms with van der Waals surface area (Å²) in [6.45, 7) is 0.628. The summed E-state index contributed by atoms with van der Waals surface area (Å²) in [7, 11) is 2.89. The highest BCUT2D eigenvalue weighted by atomic mass is 16.5. The van der Waals surface area contributed by atoms with Gasteiger partial charge < -0.3 is 24.8 Å². The van der Waals surface area contributed by atoms with Crippen molar-refractivity contribution >= 4 is 17.7 Å². The lowest BCUT2D eigenvalue weighted by atomic mass is 10.2. The molecule has 0 radical (unpaired) electrons. The molecule has 2 aromatic rings. The Balaban J connectivity index is 1.76. The molecule has 2 N–H and O–H groups in total. The van der Waals surface area contributed by atoms with Crippen LogP contribution < -0.4 is 20.1 Å². The third-order valence-corrected chi connectivity index (χ3v) is 3.24. The Labute approximate surface area is 145 Å². The molecule has 132 valence electrons. The third kappa shape index (κ3) is 5.72. The molecule has 0 aliphatic heterocycles. The second kappa shape index (κ2) is 9.17. The molecule has 2 amide bonds. The number of esters is 1. The van der Waals surface area contributed by atoms with Gasteiger partial charge in [0.25, 0.3) is 0 Å². The van der Waals surface area contributed by atoms with Crippen LogP contribution in [0.2, 0.25) is 0 Å². The minimum atomic E-state index is -0.462. The fourth-order valence-corrected chi connectivity index (χ4v) is 2.04. The molecule has 0 bridgehead atoms. The van der Waals surface area contributed by atoms with Gasteiger partial charge in [0.1, 0.15) is 18.1 Å². The van der Waals surface area contributed by atoms with Gasteiger partial charge in [-0.3, -0.25) is 0 Å². The Hall–Kier alpha value is -3.22. The predicted octanol–water partition coefficient (Wildman–Crippen LogP) is 2.68.